The molecule has 0 atom stereocenters. The largest absolute Gasteiger partial charge is 0.507 e. The van der Waals surface area contributed by atoms with Gasteiger partial charge in [-0.3, -0.25) is 0 Å². The van der Waals surface area contributed by atoms with Crippen molar-refractivity contribution in [2.24, 2.45) is 0 Å². The number of aromatic hydroxyl groups is 1. The van der Waals surface area contributed by atoms with E-state index in [1.165, 1.54) is 25.0 Å². The van der Waals surface area contributed by atoms with Gasteiger partial charge in [0.2, 0.25) is 0 Å². The summed E-state index contributed by atoms with van der Waals surface area (Å²) in [5, 5.41) is 13.5. The van der Waals surface area contributed by atoms with Crippen LogP contribution in [0.4, 0.5) is 14.6 Å². The first-order chi connectivity index (χ1) is 14.1. The van der Waals surface area contributed by atoms with Crippen molar-refractivity contribution in [3.63, 3.8) is 0 Å². The number of aromatic nitrogens is 1. The predicted molar refractivity (Wildman–Crippen MR) is 111 cm³/mol. The zero-order valence-electron chi connectivity index (χ0n) is 16.0. The van der Waals surface area contributed by atoms with Crippen molar-refractivity contribution in [2.45, 2.75) is 12.8 Å². The number of likely N-dealkylation sites (tertiary alicyclic amines) is 1. The molecule has 150 valence electrons. The van der Waals surface area contributed by atoms with Crippen LogP contribution in [0.25, 0.3) is 22.4 Å². The van der Waals surface area contributed by atoms with Crippen molar-refractivity contribution in [3.8, 4) is 28.1 Å². The van der Waals surface area contributed by atoms with Crippen LogP contribution in [0.1, 0.15) is 12.8 Å². The van der Waals surface area contributed by atoms with Gasteiger partial charge in [-0.25, -0.2) is 13.8 Å². The van der Waals surface area contributed by atoms with Gasteiger partial charge in [0.25, 0.3) is 0 Å². The van der Waals surface area contributed by atoms with E-state index in [2.05, 4.69) is 15.2 Å². The summed E-state index contributed by atoms with van der Waals surface area (Å²) < 4.78 is 28.2. The Hall–Kier alpha value is -2.99. The number of rotatable bonds is 6. The number of phenolic OH excluding ortho intramolecular Hbond substituents is 1. The maximum Gasteiger partial charge on any atom is 0.166 e. The molecule has 0 amide bonds. The Kier molecular flexibility index (Phi) is 5.71. The van der Waals surface area contributed by atoms with E-state index >= 15 is 0 Å². The minimum Gasteiger partial charge on any atom is -0.507 e. The van der Waals surface area contributed by atoms with Crippen LogP contribution in [0.15, 0.2) is 54.6 Å². The molecule has 1 aliphatic heterocycles. The van der Waals surface area contributed by atoms with Gasteiger partial charge in [-0.1, -0.05) is 24.3 Å². The molecule has 0 spiro atoms. The number of pyridine rings is 1. The Bertz CT molecular complexity index is 1000. The molecule has 29 heavy (non-hydrogen) atoms. The molecule has 0 bridgehead atoms. The van der Waals surface area contributed by atoms with Crippen LogP contribution in [0.3, 0.4) is 0 Å². The molecule has 1 saturated heterocycles. The number of hydrogen-bond acceptors (Lipinski definition) is 4. The van der Waals surface area contributed by atoms with E-state index in [1.54, 1.807) is 36.4 Å². The van der Waals surface area contributed by atoms with Crippen LogP contribution in [-0.4, -0.2) is 41.2 Å². The first kappa shape index (κ1) is 19.3. The number of anilines is 1. The van der Waals surface area contributed by atoms with Crippen molar-refractivity contribution in [1.29, 1.82) is 0 Å². The summed E-state index contributed by atoms with van der Waals surface area (Å²) in [6.07, 6.45) is 2.45. The second kappa shape index (κ2) is 8.57. The molecule has 1 fully saturated rings. The molecule has 3 aromatic rings. The Morgan fingerprint density at radius 1 is 0.966 bits per heavy atom. The minimum atomic E-state index is -0.898. The monoisotopic (exact) mass is 395 g/mol. The highest BCUT2D eigenvalue weighted by atomic mass is 19.2. The van der Waals surface area contributed by atoms with Gasteiger partial charge in [0.1, 0.15) is 11.6 Å². The van der Waals surface area contributed by atoms with E-state index < -0.39 is 11.6 Å². The molecular formula is C23H23F2N3O. The molecule has 1 aliphatic rings. The average Bonchev–Trinajstić information content (AvgIpc) is 3.24. The Labute approximate surface area is 168 Å². The quantitative estimate of drug-likeness (QED) is 0.623. The average molecular weight is 395 g/mol. The van der Waals surface area contributed by atoms with Crippen molar-refractivity contribution in [1.82, 2.24) is 9.88 Å². The molecule has 2 aromatic carbocycles. The van der Waals surface area contributed by atoms with Crippen molar-refractivity contribution < 1.29 is 13.9 Å². The van der Waals surface area contributed by atoms with E-state index in [4.69, 9.17) is 0 Å². The third kappa shape index (κ3) is 4.38. The number of para-hydroxylation sites is 1. The third-order valence-corrected chi connectivity index (χ3v) is 5.20. The highest BCUT2D eigenvalue weighted by molar-refractivity contribution is 5.76. The molecule has 0 unspecified atom stereocenters. The normalized spacial score (nSPS) is 14.3. The van der Waals surface area contributed by atoms with Crippen LogP contribution in [-0.2, 0) is 0 Å². The Balaban J connectivity index is 1.69. The van der Waals surface area contributed by atoms with Gasteiger partial charge in [-0.05, 0) is 61.8 Å². The summed E-state index contributed by atoms with van der Waals surface area (Å²) in [5.74, 6) is -1.15. The van der Waals surface area contributed by atoms with Crippen LogP contribution in [0, 0.1) is 11.6 Å². The van der Waals surface area contributed by atoms with Gasteiger partial charge in [0.15, 0.2) is 11.6 Å². The summed E-state index contributed by atoms with van der Waals surface area (Å²) in [7, 11) is 0. The molecular weight excluding hydrogens is 372 g/mol. The van der Waals surface area contributed by atoms with Crippen molar-refractivity contribution >= 4 is 5.82 Å². The highest BCUT2D eigenvalue weighted by Crippen LogP contribution is 2.33. The van der Waals surface area contributed by atoms with Gasteiger partial charge in [0, 0.05) is 24.2 Å². The first-order valence-electron chi connectivity index (χ1n) is 9.83. The topological polar surface area (TPSA) is 48.4 Å². The molecule has 1 aromatic heterocycles. The number of nitrogens with one attached hydrogen (secondary N) is 1. The zero-order valence-corrected chi connectivity index (χ0v) is 16.0. The molecule has 0 radical (unpaired) electrons. The predicted octanol–water partition coefficient (Wildman–Crippen LogP) is 4.91. The van der Waals surface area contributed by atoms with Crippen molar-refractivity contribution in [2.75, 3.05) is 31.5 Å². The molecule has 2 N–H and O–H groups in total. The maximum absolute atomic E-state index is 14.4. The smallest absolute Gasteiger partial charge is 0.166 e. The van der Waals surface area contributed by atoms with Crippen LogP contribution in [0.5, 0.6) is 5.75 Å². The second-order valence-corrected chi connectivity index (χ2v) is 7.22. The van der Waals surface area contributed by atoms with Crippen LogP contribution < -0.4 is 5.32 Å². The molecule has 4 nitrogen and oxygen atoms in total. The lowest BCUT2D eigenvalue weighted by Crippen LogP contribution is -2.26. The lowest BCUT2D eigenvalue weighted by atomic mass is 10.0. The maximum atomic E-state index is 14.4. The van der Waals surface area contributed by atoms with Gasteiger partial charge < -0.3 is 15.3 Å². The molecule has 0 aliphatic carbocycles. The van der Waals surface area contributed by atoms with Gasteiger partial charge in [-0.2, -0.15) is 0 Å². The summed E-state index contributed by atoms with van der Waals surface area (Å²) in [5.41, 5.74) is 1.69. The zero-order chi connectivity index (χ0) is 20.2. The standard InChI is InChI=1S/C23H23F2N3O/c24-19-8-5-7-17(23(19)25)16-14-20(18-6-1-2-9-21(18)29)27-22(15-16)26-10-13-28-11-3-4-12-28/h1-2,5-9,14-15,29H,3-4,10-13H2,(H,26,27). The lowest BCUT2D eigenvalue weighted by molar-refractivity contribution is 0.352. The summed E-state index contributed by atoms with van der Waals surface area (Å²) in [6, 6.07) is 14.3. The molecule has 2 heterocycles. The molecule has 4 rings (SSSR count). The highest BCUT2D eigenvalue weighted by Gasteiger charge is 2.15. The van der Waals surface area contributed by atoms with E-state index in [-0.39, 0.29) is 11.3 Å². The number of phenols is 1. The fraction of sp³-hybridized carbons (Fsp3) is 0.261. The molecule has 0 saturated carbocycles. The molecule has 6 heteroatoms. The minimum absolute atomic E-state index is 0.0832. The van der Waals surface area contributed by atoms with Gasteiger partial charge in [0.05, 0.1) is 5.69 Å². The second-order valence-electron chi connectivity index (χ2n) is 7.22. The Morgan fingerprint density at radius 3 is 2.52 bits per heavy atom. The van der Waals surface area contributed by atoms with E-state index in [0.717, 1.165) is 25.7 Å². The fourth-order valence-corrected chi connectivity index (χ4v) is 3.68. The fourth-order valence-electron chi connectivity index (χ4n) is 3.68. The van der Waals surface area contributed by atoms with Gasteiger partial charge in [-0.15, -0.1) is 0 Å². The SMILES string of the molecule is Oc1ccccc1-c1cc(-c2cccc(F)c2F)cc(NCCN2CCCC2)n1. The third-order valence-electron chi connectivity index (χ3n) is 5.20. The van der Waals surface area contributed by atoms with Gasteiger partial charge >= 0.3 is 0 Å². The van der Waals surface area contributed by atoms with E-state index in [1.807, 2.05) is 0 Å². The lowest BCUT2D eigenvalue weighted by Gasteiger charge is -2.16. The van der Waals surface area contributed by atoms with Crippen LogP contribution in [0.2, 0.25) is 0 Å². The number of nitrogens with zero attached hydrogens (tertiary/aromatic N) is 2. The van der Waals surface area contributed by atoms with Crippen molar-refractivity contribution in [3.05, 3.63) is 66.2 Å². The number of hydrogen-bond donors (Lipinski definition) is 2. The van der Waals surface area contributed by atoms with E-state index in [0.29, 0.717) is 29.2 Å². The Morgan fingerprint density at radius 2 is 1.72 bits per heavy atom. The summed E-state index contributed by atoms with van der Waals surface area (Å²) >= 11 is 0. The number of halogens is 2. The first-order valence-corrected chi connectivity index (χ1v) is 9.83. The van der Waals surface area contributed by atoms with Crippen LogP contribution >= 0.6 is 0 Å². The summed E-state index contributed by atoms with van der Waals surface area (Å²) in [4.78, 5) is 6.98. The van der Waals surface area contributed by atoms with E-state index in [9.17, 15) is 13.9 Å². The summed E-state index contributed by atoms with van der Waals surface area (Å²) in [6.45, 7) is 3.80. The number of benzene rings is 2.